The van der Waals surface area contributed by atoms with Crippen LogP contribution in [0.3, 0.4) is 0 Å². The van der Waals surface area contributed by atoms with E-state index in [1.807, 2.05) is 0 Å². The summed E-state index contributed by atoms with van der Waals surface area (Å²) in [7, 11) is 0. The van der Waals surface area contributed by atoms with Gasteiger partial charge in [0.25, 0.3) is 0 Å². The molecular formula is C9H12N4O3. The second kappa shape index (κ2) is 3.93. The van der Waals surface area contributed by atoms with E-state index in [4.69, 9.17) is 5.73 Å². The van der Waals surface area contributed by atoms with E-state index in [0.29, 0.717) is 19.5 Å². The Balaban J connectivity index is 2.37. The van der Waals surface area contributed by atoms with Crippen LogP contribution in [0.4, 0.5) is 17.3 Å². The van der Waals surface area contributed by atoms with Crippen molar-refractivity contribution in [2.75, 3.05) is 23.7 Å². The first-order valence-electron chi connectivity index (χ1n) is 4.92. The van der Waals surface area contributed by atoms with Gasteiger partial charge in [0.2, 0.25) is 5.82 Å². The molecular weight excluding hydrogens is 212 g/mol. The van der Waals surface area contributed by atoms with Crippen LogP contribution in [0.2, 0.25) is 0 Å². The highest BCUT2D eigenvalue weighted by molar-refractivity contribution is 5.61. The van der Waals surface area contributed by atoms with Gasteiger partial charge in [-0.25, -0.2) is 4.98 Å². The van der Waals surface area contributed by atoms with Crippen molar-refractivity contribution in [3.63, 3.8) is 0 Å². The molecule has 0 radical (unpaired) electrons. The van der Waals surface area contributed by atoms with Crippen molar-refractivity contribution < 1.29 is 10.0 Å². The molecule has 7 heteroatoms. The first-order chi connectivity index (χ1) is 7.58. The number of aliphatic hydroxyl groups excluding tert-OH is 1. The van der Waals surface area contributed by atoms with Crippen molar-refractivity contribution in [1.29, 1.82) is 0 Å². The minimum atomic E-state index is -0.494. The van der Waals surface area contributed by atoms with E-state index < -0.39 is 11.0 Å². The molecule has 1 fully saturated rings. The van der Waals surface area contributed by atoms with E-state index in [1.165, 1.54) is 12.1 Å². The van der Waals surface area contributed by atoms with Crippen LogP contribution in [-0.2, 0) is 0 Å². The van der Waals surface area contributed by atoms with E-state index in [2.05, 4.69) is 4.98 Å². The lowest BCUT2D eigenvalue weighted by Crippen LogP contribution is -2.23. The average Bonchev–Trinajstić information content (AvgIpc) is 2.64. The Labute approximate surface area is 91.7 Å². The number of aromatic nitrogens is 1. The van der Waals surface area contributed by atoms with E-state index in [9.17, 15) is 15.2 Å². The summed E-state index contributed by atoms with van der Waals surface area (Å²) in [5.41, 5.74) is 5.43. The number of nitro groups is 1. The van der Waals surface area contributed by atoms with Gasteiger partial charge in [-0.05, 0) is 12.5 Å². The minimum absolute atomic E-state index is 0.0803. The molecule has 2 rings (SSSR count). The molecule has 3 N–H and O–H groups in total. The molecule has 1 aromatic rings. The fourth-order valence-electron chi connectivity index (χ4n) is 1.77. The third-order valence-corrected chi connectivity index (χ3v) is 2.54. The van der Waals surface area contributed by atoms with Crippen molar-refractivity contribution in [1.82, 2.24) is 4.98 Å². The highest BCUT2D eigenvalue weighted by Crippen LogP contribution is 2.29. The summed E-state index contributed by atoms with van der Waals surface area (Å²) in [6, 6.07) is 2.73. The Morgan fingerprint density at radius 1 is 1.62 bits per heavy atom. The number of nitrogens with zero attached hydrogens (tertiary/aromatic N) is 3. The summed E-state index contributed by atoms with van der Waals surface area (Å²) in [5, 5.41) is 20.2. The van der Waals surface area contributed by atoms with Gasteiger partial charge in [-0.1, -0.05) is 0 Å². The molecule has 16 heavy (non-hydrogen) atoms. The highest BCUT2D eigenvalue weighted by atomic mass is 16.6. The maximum Gasteiger partial charge on any atom is 0.311 e. The predicted octanol–water partition coefficient (Wildman–Crippen LogP) is 0.143. The van der Waals surface area contributed by atoms with Crippen LogP contribution in [0.15, 0.2) is 12.1 Å². The quantitative estimate of drug-likeness (QED) is 0.547. The second-order valence-electron chi connectivity index (χ2n) is 3.72. The van der Waals surface area contributed by atoms with Gasteiger partial charge in [0.15, 0.2) is 0 Å². The van der Waals surface area contributed by atoms with Gasteiger partial charge in [-0.2, -0.15) is 0 Å². The zero-order chi connectivity index (χ0) is 11.7. The molecule has 1 aliphatic rings. The number of hydrogen-bond acceptors (Lipinski definition) is 6. The number of β-amino-alcohol motifs (C(OH)–C–C–N with tert-alkyl or cyclic N) is 1. The lowest BCUT2D eigenvalue weighted by molar-refractivity contribution is -0.384. The molecule has 1 aliphatic heterocycles. The van der Waals surface area contributed by atoms with Gasteiger partial charge in [0.05, 0.1) is 11.0 Å². The Bertz CT molecular complexity index is 423. The largest absolute Gasteiger partial charge is 0.391 e. The fraction of sp³-hybridized carbons (Fsp3) is 0.444. The van der Waals surface area contributed by atoms with Crippen LogP contribution < -0.4 is 10.6 Å². The van der Waals surface area contributed by atoms with Crippen LogP contribution in [0.5, 0.6) is 0 Å². The number of nitrogens with two attached hydrogens (primary N) is 1. The molecule has 0 spiro atoms. The highest BCUT2D eigenvalue weighted by Gasteiger charge is 2.27. The topological polar surface area (TPSA) is 106 Å². The summed E-state index contributed by atoms with van der Waals surface area (Å²) in [6.45, 7) is 0.912. The Morgan fingerprint density at radius 3 is 2.94 bits per heavy atom. The van der Waals surface area contributed by atoms with Crippen molar-refractivity contribution in [2.45, 2.75) is 12.5 Å². The molecule has 2 heterocycles. The van der Waals surface area contributed by atoms with Gasteiger partial charge in [-0.15, -0.1) is 0 Å². The molecule has 1 unspecified atom stereocenters. The zero-order valence-electron chi connectivity index (χ0n) is 8.54. The van der Waals surface area contributed by atoms with E-state index in [0.717, 1.165) is 0 Å². The minimum Gasteiger partial charge on any atom is -0.391 e. The van der Waals surface area contributed by atoms with E-state index in [-0.39, 0.29) is 17.3 Å². The Hall–Kier alpha value is -1.89. The summed E-state index contributed by atoms with van der Waals surface area (Å²) in [4.78, 5) is 16.0. The SMILES string of the molecule is Nc1ccc([N+](=O)[O-])c(N2CCC(O)C2)n1. The van der Waals surface area contributed by atoms with Crippen LogP contribution in [0, 0.1) is 10.1 Å². The van der Waals surface area contributed by atoms with Crippen molar-refractivity contribution in [2.24, 2.45) is 0 Å². The second-order valence-corrected chi connectivity index (χ2v) is 3.72. The maximum atomic E-state index is 10.8. The van der Waals surface area contributed by atoms with E-state index in [1.54, 1.807) is 4.90 Å². The molecule has 0 amide bonds. The number of aliphatic hydroxyl groups is 1. The molecule has 0 aliphatic carbocycles. The summed E-state index contributed by atoms with van der Waals surface area (Å²) in [6.07, 6.45) is 0.135. The normalized spacial score (nSPS) is 20.1. The van der Waals surface area contributed by atoms with Crippen LogP contribution in [-0.4, -0.2) is 34.2 Å². The van der Waals surface area contributed by atoms with Crippen LogP contribution in [0.1, 0.15) is 6.42 Å². The van der Waals surface area contributed by atoms with Gasteiger partial charge in [0.1, 0.15) is 5.82 Å². The lowest BCUT2D eigenvalue weighted by atomic mass is 10.3. The summed E-state index contributed by atoms with van der Waals surface area (Å²) < 4.78 is 0. The molecule has 1 aromatic heterocycles. The number of nitrogen functional groups attached to an aromatic ring is 1. The zero-order valence-corrected chi connectivity index (χ0v) is 8.54. The van der Waals surface area contributed by atoms with Gasteiger partial charge in [0, 0.05) is 19.2 Å². The molecule has 1 saturated heterocycles. The first-order valence-corrected chi connectivity index (χ1v) is 4.92. The maximum absolute atomic E-state index is 10.8. The standard InChI is InChI=1S/C9H12N4O3/c10-8-2-1-7(13(15)16)9(11-8)12-4-3-6(14)5-12/h1-2,6,14H,3-5H2,(H2,10,11). The Kier molecular flexibility index (Phi) is 2.61. The van der Waals surface area contributed by atoms with Gasteiger partial charge >= 0.3 is 5.69 Å². The van der Waals surface area contributed by atoms with Crippen molar-refractivity contribution in [3.8, 4) is 0 Å². The summed E-state index contributed by atoms with van der Waals surface area (Å²) >= 11 is 0. The van der Waals surface area contributed by atoms with Crippen LogP contribution in [0.25, 0.3) is 0 Å². The number of pyridine rings is 1. The van der Waals surface area contributed by atoms with Crippen molar-refractivity contribution in [3.05, 3.63) is 22.2 Å². The van der Waals surface area contributed by atoms with Crippen molar-refractivity contribution >= 4 is 17.3 Å². The molecule has 0 bridgehead atoms. The lowest BCUT2D eigenvalue weighted by Gasteiger charge is -2.16. The third-order valence-electron chi connectivity index (χ3n) is 2.54. The third kappa shape index (κ3) is 1.89. The first kappa shape index (κ1) is 10.6. The molecule has 0 aromatic carbocycles. The predicted molar refractivity (Wildman–Crippen MR) is 58.1 cm³/mol. The average molecular weight is 224 g/mol. The molecule has 7 nitrogen and oxygen atoms in total. The van der Waals surface area contributed by atoms with Gasteiger partial charge < -0.3 is 15.7 Å². The number of hydrogen-bond donors (Lipinski definition) is 2. The smallest absolute Gasteiger partial charge is 0.311 e. The number of anilines is 2. The van der Waals surface area contributed by atoms with Gasteiger partial charge in [-0.3, -0.25) is 10.1 Å². The molecule has 1 atom stereocenters. The molecule has 0 saturated carbocycles. The van der Waals surface area contributed by atoms with Crippen LogP contribution >= 0.6 is 0 Å². The monoisotopic (exact) mass is 224 g/mol. The summed E-state index contributed by atoms with van der Waals surface area (Å²) in [5.74, 6) is 0.475. The number of rotatable bonds is 2. The Morgan fingerprint density at radius 2 is 2.38 bits per heavy atom. The fourth-order valence-corrected chi connectivity index (χ4v) is 1.77. The van der Waals surface area contributed by atoms with E-state index >= 15 is 0 Å². The molecule has 86 valence electrons.